The van der Waals surface area contributed by atoms with E-state index in [1.54, 1.807) is 24.3 Å². The summed E-state index contributed by atoms with van der Waals surface area (Å²) in [5, 5.41) is 18.4. The summed E-state index contributed by atoms with van der Waals surface area (Å²) in [7, 11) is 0. The number of hydrogen-bond acceptors (Lipinski definition) is 11. The standard InChI is InChI=1S/C15H11N3O4.C15H13N3O2/c19-18(20)12-6-8-13(9-7-12)21-10-14-16-15(17-22-14)11-4-2-1-3-5-11;16-12-6-8-13(9-7-12)19-10-14-17-15(18-20-14)11-4-2-1-3-5-11/h1-9H,10H2;1-9H,10,16H2. The lowest BCUT2D eigenvalue weighted by Gasteiger charge is -2.02. The number of nitro benzene ring substituents is 1. The third-order valence-electron chi connectivity index (χ3n) is 5.65. The van der Waals surface area contributed by atoms with Crippen LogP contribution >= 0.6 is 0 Å². The first-order valence-corrected chi connectivity index (χ1v) is 12.6. The molecule has 0 amide bonds. The van der Waals surface area contributed by atoms with E-state index >= 15 is 0 Å². The molecule has 12 nitrogen and oxygen atoms in total. The molecule has 6 rings (SSSR count). The Bertz CT molecular complexity index is 1710. The predicted molar refractivity (Wildman–Crippen MR) is 152 cm³/mol. The Labute approximate surface area is 239 Å². The number of aromatic nitrogens is 4. The van der Waals surface area contributed by atoms with Gasteiger partial charge in [-0.3, -0.25) is 10.1 Å². The van der Waals surface area contributed by atoms with Crippen LogP contribution in [-0.2, 0) is 13.2 Å². The first-order chi connectivity index (χ1) is 20.5. The van der Waals surface area contributed by atoms with Crippen molar-refractivity contribution in [1.82, 2.24) is 20.3 Å². The van der Waals surface area contributed by atoms with Crippen LogP contribution in [0.1, 0.15) is 11.8 Å². The fourth-order valence-corrected chi connectivity index (χ4v) is 3.55. The molecule has 2 heterocycles. The Hall–Kier alpha value is -6.04. The number of benzene rings is 4. The molecule has 12 heteroatoms. The van der Waals surface area contributed by atoms with Gasteiger partial charge < -0.3 is 24.3 Å². The van der Waals surface area contributed by atoms with Crippen molar-refractivity contribution in [2.75, 3.05) is 5.73 Å². The van der Waals surface area contributed by atoms with Crippen LogP contribution < -0.4 is 15.2 Å². The predicted octanol–water partition coefficient (Wildman–Crippen LogP) is 6.12. The van der Waals surface area contributed by atoms with Crippen LogP contribution in [-0.4, -0.2) is 25.2 Å². The molecule has 0 aliphatic heterocycles. The minimum absolute atomic E-state index is 0.0107. The van der Waals surface area contributed by atoms with Gasteiger partial charge in [0.15, 0.2) is 13.2 Å². The Kier molecular flexibility index (Phi) is 8.75. The average molecular weight is 565 g/mol. The van der Waals surface area contributed by atoms with Gasteiger partial charge in [0.05, 0.1) is 4.92 Å². The molecule has 0 saturated carbocycles. The fourth-order valence-electron chi connectivity index (χ4n) is 3.55. The van der Waals surface area contributed by atoms with Crippen molar-refractivity contribution in [2.24, 2.45) is 0 Å². The van der Waals surface area contributed by atoms with Crippen LogP contribution in [0, 0.1) is 10.1 Å². The van der Waals surface area contributed by atoms with Gasteiger partial charge in [-0.2, -0.15) is 9.97 Å². The molecule has 4 aromatic carbocycles. The van der Waals surface area contributed by atoms with Crippen molar-refractivity contribution in [3.05, 3.63) is 131 Å². The Morgan fingerprint density at radius 3 is 1.50 bits per heavy atom. The van der Waals surface area contributed by atoms with Crippen LogP contribution in [0.4, 0.5) is 11.4 Å². The number of non-ortho nitro benzene ring substituents is 1. The summed E-state index contributed by atoms with van der Waals surface area (Å²) in [5.74, 6) is 3.01. The molecule has 0 saturated heterocycles. The molecule has 2 N–H and O–H groups in total. The molecule has 0 spiro atoms. The molecule has 0 unspecified atom stereocenters. The van der Waals surface area contributed by atoms with Crippen molar-refractivity contribution < 1.29 is 23.4 Å². The minimum Gasteiger partial charge on any atom is -0.484 e. The van der Waals surface area contributed by atoms with Crippen molar-refractivity contribution in [2.45, 2.75) is 13.2 Å². The van der Waals surface area contributed by atoms with Gasteiger partial charge in [-0.05, 0) is 36.4 Å². The van der Waals surface area contributed by atoms with E-state index in [-0.39, 0.29) is 18.9 Å². The van der Waals surface area contributed by atoms with E-state index in [9.17, 15) is 10.1 Å². The van der Waals surface area contributed by atoms with Crippen LogP contribution in [0.5, 0.6) is 11.5 Å². The van der Waals surface area contributed by atoms with Gasteiger partial charge in [0.25, 0.3) is 17.5 Å². The third-order valence-corrected chi connectivity index (χ3v) is 5.65. The largest absolute Gasteiger partial charge is 0.484 e. The monoisotopic (exact) mass is 564 g/mol. The van der Waals surface area contributed by atoms with Crippen LogP contribution in [0.3, 0.4) is 0 Å². The van der Waals surface area contributed by atoms with Crippen LogP contribution in [0.2, 0.25) is 0 Å². The SMILES string of the molecule is Nc1ccc(OCc2nc(-c3ccccc3)no2)cc1.O=[N+]([O-])c1ccc(OCc2nc(-c3ccccc3)no2)cc1. The van der Waals surface area contributed by atoms with E-state index in [0.29, 0.717) is 40.6 Å². The highest BCUT2D eigenvalue weighted by molar-refractivity contribution is 5.54. The lowest BCUT2D eigenvalue weighted by atomic mass is 10.2. The average Bonchev–Trinajstić information content (AvgIpc) is 3.72. The molecule has 0 aliphatic rings. The van der Waals surface area contributed by atoms with E-state index in [1.165, 1.54) is 24.3 Å². The van der Waals surface area contributed by atoms with Gasteiger partial charge in [-0.1, -0.05) is 71.0 Å². The number of nitro groups is 1. The fraction of sp³-hybridized carbons (Fsp3) is 0.0667. The zero-order chi connectivity index (χ0) is 29.1. The Morgan fingerprint density at radius 2 is 1.07 bits per heavy atom. The number of ether oxygens (including phenoxy) is 2. The molecular formula is C30H24N6O6. The maximum atomic E-state index is 10.6. The number of nitrogens with two attached hydrogens (primary N) is 1. The van der Waals surface area contributed by atoms with Gasteiger partial charge in [0.2, 0.25) is 11.6 Å². The lowest BCUT2D eigenvalue weighted by molar-refractivity contribution is -0.384. The molecular weight excluding hydrogens is 540 g/mol. The summed E-state index contributed by atoms with van der Waals surface area (Å²) in [6, 6.07) is 32.0. The zero-order valence-electron chi connectivity index (χ0n) is 22.1. The van der Waals surface area contributed by atoms with Crippen LogP contribution in [0.25, 0.3) is 22.8 Å². The second-order valence-corrected chi connectivity index (χ2v) is 8.65. The number of nitrogen functional groups attached to an aromatic ring is 1. The Morgan fingerprint density at radius 1 is 0.643 bits per heavy atom. The highest BCUT2D eigenvalue weighted by Crippen LogP contribution is 2.20. The molecule has 0 aliphatic carbocycles. The van der Waals surface area contributed by atoms with Gasteiger partial charge >= 0.3 is 0 Å². The highest BCUT2D eigenvalue weighted by atomic mass is 16.6. The van der Waals surface area contributed by atoms with Gasteiger partial charge in [-0.15, -0.1) is 0 Å². The number of hydrogen-bond donors (Lipinski definition) is 1. The quantitative estimate of drug-likeness (QED) is 0.122. The van der Waals surface area contributed by atoms with E-state index in [2.05, 4.69) is 20.3 Å². The van der Waals surface area contributed by atoms with Crippen molar-refractivity contribution in [3.63, 3.8) is 0 Å². The number of anilines is 1. The van der Waals surface area contributed by atoms with E-state index in [1.807, 2.05) is 60.7 Å². The van der Waals surface area contributed by atoms with Crippen molar-refractivity contribution in [1.29, 1.82) is 0 Å². The summed E-state index contributed by atoms with van der Waals surface area (Å²) in [4.78, 5) is 18.6. The summed E-state index contributed by atoms with van der Waals surface area (Å²) in [6.07, 6.45) is 0. The molecule has 6 aromatic rings. The maximum Gasteiger partial charge on any atom is 0.269 e. The van der Waals surface area contributed by atoms with Crippen molar-refractivity contribution in [3.8, 4) is 34.3 Å². The lowest BCUT2D eigenvalue weighted by Crippen LogP contribution is -1.96. The molecule has 0 radical (unpaired) electrons. The zero-order valence-corrected chi connectivity index (χ0v) is 22.1. The maximum absolute atomic E-state index is 10.6. The first-order valence-electron chi connectivity index (χ1n) is 12.6. The third kappa shape index (κ3) is 7.54. The molecule has 0 fully saturated rings. The first kappa shape index (κ1) is 27.5. The van der Waals surface area contributed by atoms with Gasteiger partial charge in [0, 0.05) is 28.9 Å². The molecule has 210 valence electrons. The highest BCUT2D eigenvalue weighted by Gasteiger charge is 2.10. The summed E-state index contributed by atoms with van der Waals surface area (Å²) in [6.45, 7) is 0.321. The topological polar surface area (TPSA) is 165 Å². The van der Waals surface area contributed by atoms with E-state index < -0.39 is 4.92 Å². The van der Waals surface area contributed by atoms with Crippen LogP contribution in [0.15, 0.2) is 118 Å². The Balaban J connectivity index is 0.000000169. The van der Waals surface area contributed by atoms with E-state index in [0.717, 1.165) is 11.1 Å². The van der Waals surface area contributed by atoms with Gasteiger partial charge in [-0.25, -0.2) is 0 Å². The number of rotatable bonds is 9. The van der Waals surface area contributed by atoms with Gasteiger partial charge in [0.1, 0.15) is 11.5 Å². The number of nitrogens with zero attached hydrogens (tertiary/aromatic N) is 5. The second kappa shape index (κ2) is 13.3. The summed E-state index contributed by atoms with van der Waals surface area (Å²) in [5.41, 5.74) is 8.08. The summed E-state index contributed by atoms with van der Waals surface area (Å²) >= 11 is 0. The molecule has 0 bridgehead atoms. The minimum atomic E-state index is -0.464. The van der Waals surface area contributed by atoms with Crippen molar-refractivity contribution >= 4 is 11.4 Å². The summed E-state index contributed by atoms with van der Waals surface area (Å²) < 4.78 is 21.3. The smallest absolute Gasteiger partial charge is 0.269 e. The molecule has 2 aromatic heterocycles. The van der Waals surface area contributed by atoms with E-state index in [4.69, 9.17) is 24.3 Å². The normalized spacial score (nSPS) is 10.4. The molecule has 42 heavy (non-hydrogen) atoms. The molecule has 0 atom stereocenters. The second-order valence-electron chi connectivity index (χ2n) is 8.65.